The predicted molar refractivity (Wildman–Crippen MR) is 55.1 cm³/mol. The second-order valence-electron chi connectivity index (χ2n) is 2.87. The summed E-state index contributed by atoms with van der Waals surface area (Å²) in [6.07, 6.45) is 0.0167. The van der Waals surface area contributed by atoms with Gasteiger partial charge in [0.15, 0.2) is 0 Å². The second kappa shape index (κ2) is 4.99. The van der Waals surface area contributed by atoms with E-state index in [2.05, 4.69) is 5.16 Å². The molecule has 0 spiro atoms. The van der Waals surface area contributed by atoms with Gasteiger partial charge in [0.1, 0.15) is 11.5 Å². The van der Waals surface area contributed by atoms with Crippen molar-refractivity contribution in [1.29, 1.82) is 0 Å². The molecule has 80 valence electrons. The zero-order valence-electron chi connectivity index (χ0n) is 8.14. The Bertz CT molecular complexity index is 370. The van der Waals surface area contributed by atoms with Crippen LogP contribution in [0.4, 0.5) is 0 Å². The number of benzene rings is 1. The molecule has 0 unspecified atom stereocenters. The van der Waals surface area contributed by atoms with E-state index >= 15 is 0 Å². The number of carbonyl (C=O) groups is 1. The van der Waals surface area contributed by atoms with Gasteiger partial charge in [-0.05, 0) is 17.7 Å². The van der Waals surface area contributed by atoms with Gasteiger partial charge in [-0.25, -0.2) is 4.79 Å². The van der Waals surface area contributed by atoms with E-state index < -0.39 is 11.7 Å². The molecule has 0 aromatic heterocycles. The molecular weight excluding hydrogens is 198 g/mol. The number of hydrogen-bond donors (Lipinski definition) is 1. The lowest BCUT2D eigenvalue weighted by Gasteiger charge is -2.05. The minimum absolute atomic E-state index is 0.0167. The first kappa shape index (κ1) is 11.0. The second-order valence-corrected chi connectivity index (χ2v) is 2.87. The number of nitrogens with zero attached hydrogens (tertiary/aromatic N) is 1. The van der Waals surface area contributed by atoms with Crippen molar-refractivity contribution in [1.82, 2.24) is 0 Å². The lowest BCUT2D eigenvalue weighted by atomic mass is 10.1. The van der Waals surface area contributed by atoms with Gasteiger partial charge in [0.2, 0.25) is 0 Å². The van der Waals surface area contributed by atoms with Crippen LogP contribution in [0, 0.1) is 5.21 Å². The first-order valence-corrected chi connectivity index (χ1v) is 4.22. The topological polar surface area (TPSA) is 82.0 Å². The van der Waals surface area contributed by atoms with Crippen LogP contribution in [0.3, 0.4) is 0 Å². The standard InChI is InChI=1S/C10H11NO4/c1-15-8-4-2-7(3-5-8)6-9(11-14)10(12)13/h2-5,14H,6H2,1H3,(H,12,13)/p-1. The number of ether oxygens (including phenoxy) is 1. The van der Waals surface area contributed by atoms with Crippen LogP contribution < -0.4 is 4.74 Å². The normalized spacial score (nSPS) is 11.1. The van der Waals surface area contributed by atoms with Gasteiger partial charge in [-0.2, -0.15) is 0 Å². The van der Waals surface area contributed by atoms with Crippen molar-refractivity contribution in [3.8, 4) is 5.75 Å². The highest BCUT2D eigenvalue weighted by atomic mass is 16.5. The molecule has 1 aromatic carbocycles. The molecule has 0 amide bonds. The molecule has 0 atom stereocenters. The van der Waals surface area contributed by atoms with Gasteiger partial charge < -0.3 is 20.2 Å². The maximum Gasteiger partial charge on any atom is 0.349 e. The van der Waals surface area contributed by atoms with Crippen molar-refractivity contribution >= 4 is 11.7 Å². The molecule has 1 rings (SSSR count). The highest BCUT2D eigenvalue weighted by molar-refractivity contribution is 6.36. The third kappa shape index (κ3) is 2.98. The molecule has 0 saturated carbocycles. The smallest absolute Gasteiger partial charge is 0.349 e. The van der Waals surface area contributed by atoms with Crippen LogP contribution in [0.15, 0.2) is 29.4 Å². The number of aliphatic carboxylic acids is 1. The van der Waals surface area contributed by atoms with E-state index in [1.807, 2.05) is 0 Å². The molecule has 0 aliphatic rings. The third-order valence-electron chi connectivity index (χ3n) is 1.89. The van der Waals surface area contributed by atoms with Crippen molar-refractivity contribution < 1.29 is 14.6 Å². The Kier molecular flexibility index (Phi) is 3.68. The highest BCUT2D eigenvalue weighted by Gasteiger charge is 2.07. The summed E-state index contributed by atoms with van der Waals surface area (Å²) >= 11 is 0. The highest BCUT2D eigenvalue weighted by Crippen LogP contribution is 2.12. The van der Waals surface area contributed by atoms with E-state index in [9.17, 15) is 10.0 Å². The third-order valence-corrected chi connectivity index (χ3v) is 1.89. The van der Waals surface area contributed by atoms with Crippen LogP contribution in [0.5, 0.6) is 5.75 Å². The summed E-state index contributed by atoms with van der Waals surface area (Å²) in [5.41, 5.74) is 0.299. The maximum atomic E-state index is 10.5. The Morgan fingerprint density at radius 3 is 2.47 bits per heavy atom. The van der Waals surface area contributed by atoms with Gasteiger partial charge in [-0.1, -0.05) is 12.1 Å². The van der Waals surface area contributed by atoms with Crippen LogP contribution in [0.1, 0.15) is 5.56 Å². The van der Waals surface area contributed by atoms with E-state index in [1.165, 1.54) is 7.11 Å². The molecule has 0 aliphatic carbocycles. The van der Waals surface area contributed by atoms with Crippen LogP contribution in [0.2, 0.25) is 0 Å². The van der Waals surface area contributed by atoms with Crippen LogP contribution >= 0.6 is 0 Å². The summed E-state index contributed by atoms with van der Waals surface area (Å²) < 4.78 is 4.94. The molecule has 0 fully saturated rings. The number of carboxylic acid groups (broad SMARTS) is 1. The van der Waals surface area contributed by atoms with Crippen molar-refractivity contribution in [2.75, 3.05) is 7.11 Å². The lowest BCUT2D eigenvalue weighted by molar-refractivity contribution is -0.129. The number of carboxylic acids is 1. The lowest BCUT2D eigenvalue weighted by Crippen LogP contribution is -2.15. The molecule has 1 aromatic rings. The molecule has 5 heteroatoms. The SMILES string of the molecule is COc1ccc(CC(=N[O-])C(=O)O)cc1. The van der Waals surface area contributed by atoms with E-state index in [4.69, 9.17) is 9.84 Å². The Morgan fingerprint density at radius 2 is 2.07 bits per heavy atom. The summed E-state index contributed by atoms with van der Waals surface area (Å²) in [6, 6.07) is 6.76. The number of methoxy groups -OCH3 is 1. The number of hydrogen-bond acceptors (Lipinski definition) is 4. The Balaban J connectivity index is 2.76. The maximum absolute atomic E-state index is 10.5. The van der Waals surface area contributed by atoms with Crippen molar-refractivity contribution in [3.63, 3.8) is 0 Å². The monoisotopic (exact) mass is 208 g/mol. The summed E-state index contributed by atoms with van der Waals surface area (Å²) in [4.78, 5) is 10.5. The van der Waals surface area contributed by atoms with Gasteiger partial charge in [0.25, 0.3) is 0 Å². The van der Waals surface area contributed by atoms with Gasteiger partial charge in [-0.3, -0.25) is 0 Å². The fourth-order valence-corrected chi connectivity index (χ4v) is 1.08. The summed E-state index contributed by atoms with van der Waals surface area (Å²) in [5.74, 6) is -0.615. The largest absolute Gasteiger partial charge is 0.792 e. The van der Waals surface area contributed by atoms with Crippen LogP contribution in [-0.4, -0.2) is 23.9 Å². The van der Waals surface area contributed by atoms with Crippen molar-refractivity contribution in [2.45, 2.75) is 6.42 Å². The average Bonchev–Trinajstić information content (AvgIpc) is 2.26. The molecule has 1 N–H and O–H groups in total. The van der Waals surface area contributed by atoms with Gasteiger partial charge in [0.05, 0.1) is 7.11 Å². The van der Waals surface area contributed by atoms with Gasteiger partial charge in [0, 0.05) is 6.42 Å². The zero-order valence-corrected chi connectivity index (χ0v) is 8.14. The molecule has 0 radical (unpaired) electrons. The van der Waals surface area contributed by atoms with E-state index in [0.717, 1.165) is 0 Å². The van der Waals surface area contributed by atoms with Crippen molar-refractivity contribution in [3.05, 3.63) is 35.0 Å². The summed E-state index contributed by atoms with van der Waals surface area (Å²) in [6.45, 7) is 0. The molecule has 0 saturated heterocycles. The zero-order chi connectivity index (χ0) is 11.3. The first-order chi connectivity index (χ1) is 7.17. The molecule has 0 aliphatic heterocycles. The van der Waals surface area contributed by atoms with Crippen molar-refractivity contribution in [2.24, 2.45) is 5.16 Å². The molecular formula is C10H10NO4-. The minimum Gasteiger partial charge on any atom is -0.792 e. The van der Waals surface area contributed by atoms with E-state index in [1.54, 1.807) is 24.3 Å². The van der Waals surface area contributed by atoms with Gasteiger partial charge >= 0.3 is 5.97 Å². The Hall–Kier alpha value is -2.04. The predicted octanol–water partition coefficient (Wildman–Crippen LogP) is 1.26. The Morgan fingerprint density at radius 1 is 1.47 bits per heavy atom. The average molecular weight is 208 g/mol. The Labute approximate surface area is 86.6 Å². The minimum atomic E-state index is -1.29. The summed E-state index contributed by atoms with van der Waals surface area (Å²) in [5, 5.41) is 21.2. The number of rotatable bonds is 4. The molecule has 0 heterocycles. The molecule has 5 nitrogen and oxygen atoms in total. The quantitative estimate of drug-likeness (QED) is 0.596. The fraction of sp³-hybridized carbons (Fsp3) is 0.200. The summed E-state index contributed by atoms with van der Waals surface area (Å²) in [7, 11) is 1.54. The van der Waals surface area contributed by atoms with E-state index in [-0.39, 0.29) is 6.42 Å². The fourth-order valence-electron chi connectivity index (χ4n) is 1.08. The van der Waals surface area contributed by atoms with Crippen LogP contribution in [0.25, 0.3) is 0 Å². The van der Waals surface area contributed by atoms with Gasteiger partial charge in [-0.15, -0.1) is 0 Å². The van der Waals surface area contributed by atoms with Crippen LogP contribution in [-0.2, 0) is 11.2 Å². The first-order valence-electron chi connectivity index (χ1n) is 4.22. The van der Waals surface area contributed by atoms with E-state index in [0.29, 0.717) is 11.3 Å². The molecule has 15 heavy (non-hydrogen) atoms. The molecule has 0 bridgehead atoms.